The van der Waals surface area contributed by atoms with Crippen molar-refractivity contribution in [2.45, 2.75) is 52.6 Å². The maximum absolute atomic E-state index is 6.12. The molecule has 0 aliphatic heterocycles. The van der Waals surface area contributed by atoms with E-state index in [1.165, 1.54) is 11.1 Å². The third-order valence-electron chi connectivity index (χ3n) is 4.50. The minimum absolute atomic E-state index is 0.0344. The van der Waals surface area contributed by atoms with Gasteiger partial charge in [0.2, 0.25) is 10.5 Å². The van der Waals surface area contributed by atoms with E-state index >= 15 is 0 Å². The third-order valence-corrected chi connectivity index (χ3v) is 4.81. The molecule has 0 saturated heterocycles. The quantitative estimate of drug-likeness (QED) is 0.690. The summed E-state index contributed by atoms with van der Waals surface area (Å²) in [4.78, 5) is 0. The molecule has 1 atom stereocenters. The number of benzene rings is 2. The molecule has 2 rings (SSSR count). The van der Waals surface area contributed by atoms with Gasteiger partial charge in [0.05, 0.1) is 0 Å². The molecule has 0 aromatic heterocycles. The van der Waals surface area contributed by atoms with Crippen molar-refractivity contribution in [2.75, 3.05) is 0 Å². The fourth-order valence-electron chi connectivity index (χ4n) is 3.38. The zero-order valence-corrected chi connectivity index (χ0v) is 16.1. The fourth-order valence-corrected chi connectivity index (χ4v) is 3.91. The summed E-state index contributed by atoms with van der Waals surface area (Å²) < 4.78 is 6.12. The minimum Gasteiger partial charge on any atom is -0.405 e. The van der Waals surface area contributed by atoms with E-state index in [-0.39, 0.29) is 10.8 Å². The van der Waals surface area contributed by atoms with Crippen molar-refractivity contribution in [3.8, 4) is 0 Å². The highest BCUT2D eigenvalue weighted by atomic mass is 28.2. The average molecular weight is 324 g/mol. The van der Waals surface area contributed by atoms with E-state index in [1.807, 2.05) is 6.07 Å². The zero-order valence-electron chi connectivity index (χ0n) is 15.1. The van der Waals surface area contributed by atoms with Gasteiger partial charge in [-0.1, -0.05) is 96.1 Å². The lowest BCUT2D eigenvalue weighted by Crippen LogP contribution is -2.45. The van der Waals surface area contributed by atoms with Crippen molar-refractivity contribution in [3.05, 3.63) is 71.3 Å². The normalized spacial score (nSPS) is 15.3. The molecule has 121 valence electrons. The zero-order chi connectivity index (χ0) is 17.3. The molecular weight excluding hydrogens is 296 g/mol. The Hall–Kier alpha value is -1.38. The first kappa shape index (κ1) is 18.0. The second-order valence-electron chi connectivity index (χ2n) is 8.19. The average Bonchev–Trinajstić information content (AvgIpc) is 2.48. The van der Waals surface area contributed by atoms with Gasteiger partial charge in [0, 0.05) is 0 Å². The molecule has 0 N–H and O–H groups in total. The van der Waals surface area contributed by atoms with Crippen LogP contribution in [0.5, 0.6) is 0 Å². The lowest BCUT2D eigenvalue weighted by molar-refractivity contribution is 0.00531. The minimum atomic E-state index is -0.574. The smallest absolute Gasteiger partial charge is 0.248 e. The van der Waals surface area contributed by atoms with E-state index in [1.54, 1.807) is 0 Å². The molecule has 23 heavy (non-hydrogen) atoms. The van der Waals surface area contributed by atoms with E-state index in [4.69, 9.17) is 4.43 Å². The molecule has 3 radical (unpaired) electrons. The molecule has 2 aromatic rings. The Morgan fingerprint density at radius 2 is 1.17 bits per heavy atom. The second kappa shape index (κ2) is 6.25. The molecular formula is C21H27OSi. The van der Waals surface area contributed by atoms with Crippen molar-refractivity contribution in [1.29, 1.82) is 0 Å². The van der Waals surface area contributed by atoms with Crippen molar-refractivity contribution < 1.29 is 4.43 Å². The highest BCUT2D eigenvalue weighted by Crippen LogP contribution is 2.49. The predicted molar refractivity (Wildman–Crippen MR) is 98.7 cm³/mol. The van der Waals surface area contributed by atoms with Gasteiger partial charge in [0.25, 0.3) is 0 Å². The van der Waals surface area contributed by atoms with Gasteiger partial charge in [-0.2, -0.15) is 0 Å². The molecule has 0 aliphatic carbocycles. The molecule has 0 heterocycles. The Morgan fingerprint density at radius 3 is 1.61 bits per heavy atom. The summed E-state index contributed by atoms with van der Waals surface area (Å²) in [5, 5.41) is 0. The van der Waals surface area contributed by atoms with E-state index in [9.17, 15) is 0 Å². The SMILES string of the molecule is CC(C)(C)c1ccccc1C(O[Si])(c1ccccc1)C(C)(C)C. The molecule has 0 fully saturated rings. The first-order chi connectivity index (χ1) is 10.6. The summed E-state index contributed by atoms with van der Waals surface area (Å²) in [6.45, 7) is 13.4. The first-order valence-electron chi connectivity index (χ1n) is 8.15. The highest BCUT2D eigenvalue weighted by Gasteiger charge is 2.47. The Morgan fingerprint density at radius 1 is 0.696 bits per heavy atom. The van der Waals surface area contributed by atoms with Crippen LogP contribution in [0.25, 0.3) is 0 Å². The van der Waals surface area contributed by atoms with Gasteiger partial charge in [-0.15, -0.1) is 0 Å². The van der Waals surface area contributed by atoms with E-state index in [2.05, 4.69) is 101 Å². The fraction of sp³-hybridized carbons (Fsp3) is 0.429. The molecule has 0 bridgehead atoms. The van der Waals surface area contributed by atoms with Crippen molar-refractivity contribution in [2.24, 2.45) is 5.41 Å². The maximum Gasteiger partial charge on any atom is 0.248 e. The molecule has 0 aliphatic rings. The lowest BCUT2D eigenvalue weighted by atomic mass is 9.65. The summed E-state index contributed by atoms with van der Waals surface area (Å²) >= 11 is 0. The van der Waals surface area contributed by atoms with E-state index in [0.29, 0.717) is 0 Å². The second-order valence-corrected chi connectivity index (χ2v) is 8.40. The summed E-state index contributed by atoms with van der Waals surface area (Å²) in [5.74, 6) is 0. The lowest BCUT2D eigenvalue weighted by Gasteiger charge is -2.47. The van der Waals surface area contributed by atoms with Gasteiger partial charge in [-0.3, -0.25) is 0 Å². The topological polar surface area (TPSA) is 9.23 Å². The van der Waals surface area contributed by atoms with Gasteiger partial charge in [-0.05, 0) is 27.5 Å². The van der Waals surface area contributed by atoms with E-state index < -0.39 is 5.60 Å². The Bertz CT molecular complexity index is 650. The molecule has 0 spiro atoms. The summed E-state index contributed by atoms with van der Waals surface area (Å²) in [5.41, 5.74) is 2.98. The number of rotatable bonds is 3. The van der Waals surface area contributed by atoms with Crippen LogP contribution in [0, 0.1) is 5.41 Å². The van der Waals surface area contributed by atoms with Crippen LogP contribution in [0.4, 0.5) is 0 Å². The Balaban J connectivity index is 2.86. The van der Waals surface area contributed by atoms with Crippen LogP contribution in [0.15, 0.2) is 54.6 Å². The molecule has 1 nitrogen and oxygen atoms in total. The van der Waals surface area contributed by atoms with Crippen molar-refractivity contribution >= 4 is 10.5 Å². The van der Waals surface area contributed by atoms with Gasteiger partial charge in [0.15, 0.2) is 0 Å². The van der Waals surface area contributed by atoms with Crippen LogP contribution >= 0.6 is 0 Å². The van der Waals surface area contributed by atoms with Crippen LogP contribution in [-0.4, -0.2) is 10.5 Å². The number of hydrogen-bond donors (Lipinski definition) is 0. The van der Waals surface area contributed by atoms with Crippen LogP contribution in [0.2, 0.25) is 0 Å². The van der Waals surface area contributed by atoms with E-state index in [0.717, 1.165) is 5.56 Å². The largest absolute Gasteiger partial charge is 0.405 e. The van der Waals surface area contributed by atoms with Crippen LogP contribution in [0.3, 0.4) is 0 Å². The van der Waals surface area contributed by atoms with Crippen LogP contribution < -0.4 is 0 Å². The standard InChI is InChI=1S/C21H27OSi/c1-19(2,3)17-14-10-11-15-18(17)21(22-23,20(4,5)6)16-12-8-7-9-13-16/h7-15H,1-6H3. The predicted octanol–water partition coefficient (Wildman–Crippen LogP) is 5.37. The molecule has 2 heteroatoms. The third kappa shape index (κ3) is 3.15. The van der Waals surface area contributed by atoms with Gasteiger partial charge >= 0.3 is 0 Å². The monoisotopic (exact) mass is 323 g/mol. The molecule has 0 saturated carbocycles. The Kier molecular flexibility index (Phi) is 4.88. The van der Waals surface area contributed by atoms with Gasteiger partial charge in [-0.25, -0.2) is 0 Å². The van der Waals surface area contributed by atoms with Crippen molar-refractivity contribution in [3.63, 3.8) is 0 Å². The summed E-state index contributed by atoms with van der Waals surface area (Å²) in [6.07, 6.45) is 0. The maximum atomic E-state index is 6.12. The van der Waals surface area contributed by atoms with Crippen molar-refractivity contribution in [1.82, 2.24) is 0 Å². The molecule has 0 amide bonds. The van der Waals surface area contributed by atoms with Crippen LogP contribution in [-0.2, 0) is 15.4 Å². The number of hydrogen-bond acceptors (Lipinski definition) is 1. The van der Waals surface area contributed by atoms with Gasteiger partial charge in [0.1, 0.15) is 5.60 Å². The highest BCUT2D eigenvalue weighted by molar-refractivity contribution is 5.98. The molecule has 2 aromatic carbocycles. The summed E-state index contributed by atoms with van der Waals surface area (Å²) in [6, 6.07) is 19.1. The Labute approximate surface area is 144 Å². The summed E-state index contributed by atoms with van der Waals surface area (Å²) in [7, 11) is 3.44. The van der Waals surface area contributed by atoms with Gasteiger partial charge < -0.3 is 4.43 Å². The van der Waals surface area contributed by atoms with Crippen LogP contribution in [0.1, 0.15) is 58.2 Å². The molecule has 1 unspecified atom stereocenters. The first-order valence-corrected chi connectivity index (χ1v) is 8.55.